The van der Waals surface area contributed by atoms with Gasteiger partial charge in [0.25, 0.3) is 0 Å². The summed E-state index contributed by atoms with van der Waals surface area (Å²) in [5.74, 6) is 0.120. The highest BCUT2D eigenvalue weighted by molar-refractivity contribution is 5.79. The quantitative estimate of drug-likeness (QED) is 0.587. The smallest absolute Gasteiger partial charge is 0.221 e. The van der Waals surface area contributed by atoms with Crippen molar-refractivity contribution in [2.45, 2.75) is 45.2 Å². The van der Waals surface area contributed by atoms with Gasteiger partial charge in [0.1, 0.15) is 0 Å². The van der Waals surface area contributed by atoms with E-state index >= 15 is 0 Å². The topological polar surface area (TPSA) is 70.2 Å². The van der Waals surface area contributed by atoms with E-state index in [1.165, 1.54) is 0 Å². The molecule has 16 heavy (non-hydrogen) atoms. The number of carbonyl (C=O) groups excluding carboxylic acids is 2. The summed E-state index contributed by atoms with van der Waals surface area (Å²) in [6.45, 7) is 5.42. The van der Waals surface area contributed by atoms with Gasteiger partial charge in [-0.05, 0) is 19.9 Å². The predicted molar refractivity (Wildman–Crippen MR) is 61.9 cm³/mol. The Balaban J connectivity index is 2.12. The van der Waals surface area contributed by atoms with Crippen LogP contribution in [0, 0.1) is 0 Å². The summed E-state index contributed by atoms with van der Waals surface area (Å²) in [5, 5.41) is 8.84. The molecule has 0 spiro atoms. The minimum Gasteiger partial charge on any atom is -0.354 e. The second-order valence-electron chi connectivity index (χ2n) is 4.27. The van der Waals surface area contributed by atoms with Crippen LogP contribution in [0.2, 0.25) is 0 Å². The fourth-order valence-electron chi connectivity index (χ4n) is 1.84. The molecule has 0 bridgehead atoms. The molecule has 1 fully saturated rings. The van der Waals surface area contributed by atoms with Crippen molar-refractivity contribution in [2.75, 3.05) is 13.1 Å². The van der Waals surface area contributed by atoms with Crippen molar-refractivity contribution in [1.29, 1.82) is 0 Å². The van der Waals surface area contributed by atoms with Crippen molar-refractivity contribution in [1.82, 2.24) is 16.0 Å². The fourth-order valence-corrected chi connectivity index (χ4v) is 1.84. The molecule has 0 aliphatic carbocycles. The lowest BCUT2D eigenvalue weighted by molar-refractivity contribution is -0.122. The van der Waals surface area contributed by atoms with Crippen molar-refractivity contribution in [3.8, 4) is 0 Å². The summed E-state index contributed by atoms with van der Waals surface area (Å²) in [6, 6.07) is 0.314. The van der Waals surface area contributed by atoms with Gasteiger partial charge in [-0.15, -0.1) is 0 Å². The van der Waals surface area contributed by atoms with Crippen LogP contribution in [-0.2, 0) is 9.59 Å². The molecule has 5 nitrogen and oxygen atoms in total. The summed E-state index contributed by atoms with van der Waals surface area (Å²) in [5.41, 5.74) is 0. The molecule has 1 saturated heterocycles. The number of carbonyl (C=O) groups is 2. The van der Waals surface area contributed by atoms with Crippen molar-refractivity contribution >= 4 is 11.8 Å². The lowest BCUT2D eigenvalue weighted by atomic mass is 10.2. The molecule has 0 aromatic heterocycles. The van der Waals surface area contributed by atoms with E-state index in [0.29, 0.717) is 19.4 Å². The molecule has 92 valence electrons. The lowest BCUT2D eigenvalue weighted by Crippen LogP contribution is -2.40. The molecule has 5 heteroatoms. The van der Waals surface area contributed by atoms with E-state index in [-0.39, 0.29) is 23.9 Å². The van der Waals surface area contributed by atoms with Crippen LogP contribution in [0.5, 0.6) is 0 Å². The standard InChI is InChI=1S/C11H21N3O2/c1-3-12-8(2)6-11(16)13-7-9-4-5-10(15)14-9/h8-9,12H,3-7H2,1-2H3,(H,13,16)(H,14,15). The molecule has 1 heterocycles. The molecule has 2 unspecified atom stereocenters. The van der Waals surface area contributed by atoms with Gasteiger partial charge in [0, 0.05) is 31.5 Å². The van der Waals surface area contributed by atoms with Crippen molar-refractivity contribution in [2.24, 2.45) is 0 Å². The molecule has 1 rings (SSSR count). The lowest BCUT2D eigenvalue weighted by Gasteiger charge is -2.14. The number of hydrogen-bond donors (Lipinski definition) is 3. The Bertz CT molecular complexity index is 256. The third kappa shape index (κ3) is 4.61. The van der Waals surface area contributed by atoms with Crippen LogP contribution in [-0.4, -0.2) is 37.0 Å². The first-order chi connectivity index (χ1) is 7.61. The minimum absolute atomic E-state index is 0.0367. The molecule has 0 aromatic carbocycles. The molecule has 0 radical (unpaired) electrons. The molecular formula is C11H21N3O2. The number of rotatable bonds is 6. The zero-order valence-corrected chi connectivity index (χ0v) is 10.0. The third-order valence-corrected chi connectivity index (χ3v) is 2.67. The summed E-state index contributed by atoms with van der Waals surface area (Å²) >= 11 is 0. The normalized spacial score (nSPS) is 21.6. The fraction of sp³-hybridized carbons (Fsp3) is 0.818. The van der Waals surface area contributed by atoms with Crippen molar-refractivity contribution in [3.05, 3.63) is 0 Å². The average Bonchev–Trinajstić information content (AvgIpc) is 2.61. The minimum atomic E-state index is 0.0367. The number of hydrogen-bond acceptors (Lipinski definition) is 3. The second kappa shape index (κ2) is 6.48. The van der Waals surface area contributed by atoms with Crippen LogP contribution in [0.4, 0.5) is 0 Å². The third-order valence-electron chi connectivity index (χ3n) is 2.67. The van der Waals surface area contributed by atoms with Crippen molar-refractivity contribution in [3.63, 3.8) is 0 Å². The maximum Gasteiger partial charge on any atom is 0.221 e. The van der Waals surface area contributed by atoms with Gasteiger partial charge >= 0.3 is 0 Å². The van der Waals surface area contributed by atoms with Gasteiger partial charge < -0.3 is 16.0 Å². The van der Waals surface area contributed by atoms with E-state index in [1.807, 2.05) is 13.8 Å². The summed E-state index contributed by atoms with van der Waals surface area (Å²) in [7, 11) is 0. The van der Waals surface area contributed by atoms with E-state index in [1.54, 1.807) is 0 Å². The molecule has 0 saturated carbocycles. The molecule has 1 aliphatic heterocycles. The van der Waals surface area contributed by atoms with E-state index in [4.69, 9.17) is 0 Å². The molecule has 3 N–H and O–H groups in total. The Morgan fingerprint density at radius 3 is 2.94 bits per heavy atom. The van der Waals surface area contributed by atoms with Crippen LogP contribution >= 0.6 is 0 Å². The molecule has 2 amide bonds. The van der Waals surface area contributed by atoms with Crippen LogP contribution in [0.1, 0.15) is 33.1 Å². The number of amides is 2. The Morgan fingerprint density at radius 1 is 1.62 bits per heavy atom. The zero-order valence-electron chi connectivity index (χ0n) is 10.0. The first-order valence-electron chi connectivity index (χ1n) is 5.91. The summed E-state index contributed by atoms with van der Waals surface area (Å²) < 4.78 is 0. The van der Waals surface area contributed by atoms with Gasteiger partial charge in [-0.2, -0.15) is 0 Å². The Labute approximate surface area is 96.4 Å². The Morgan fingerprint density at radius 2 is 2.38 bits per heavy atom. The highest BCUT2D eigenvalue weighted by Crippen LogP contribution is 2.05. The Kier molecular flexibility index (Phi) is 5.25. The first kappa shape index (κ1) is 13.0. The Hall–Kier alpha value is -1.10. The van der Waals surface area contributed by atoms with Crippen LogP contribution in [0.3, 0.4) is 0 Å². The molecule has 0 aromatic rings. The van der Waals surface area contributed by atoms with Crippen LogP contribution in [0.15, 0.2) is 0 Å². The van der Waals surface area contributed by atoms with Gasteiger partial charge in [-0.25, -0.2) is 0 Å². The maximum absolute atomic E-state index is 11.5. The van der Waals surface area contributed by atoms with Gasteiger partial charge in [-0.3, -0.25) is 9.59 Å². The zero-order chi connectivity index (χ0) is 12.0. The number of nitrogens with one attached hydrogen (secondary N) is 3. The van der Waals surface area contributed by atoms with E-state index in [0.717, 1.165) is 13.0 Å². The van der Waals surface area contributed by atoms with Gasteiger partial charge in [0.05, 0.1) is 0 Å². The van der Waals surface area contributed by atoms with Crippen LogP contribution in [0.25, 0.3) is 0 Å². The summed E-state index contributed by atoms with van der Waals surface area (Å²) in [6.07, 6.45) is 1.88. The molecular weight excluding hydrogens is 206 g/mol. The molecule has 2 atom stereocenters. The maximum atomic E-state index is 11.5. The average molecular weight is 227 g/mol. The predicted octanol–water partition coefficient (Wildman–Crippen LogP) is -0.231. The van der Waals surface area contributed by atoms with Gasteiger partial charge in [0.15, 0.2) is 0 Å². The van der Waals surface area contributed by atoms with E-state index < -0.39 is 0 Å². The first-order valence-corrected chi connectivity index (χ1v) is 5.91. The largest absolute Gasteiger partial charge is 0.354 e. The van der Waals surface area contributed by atoms with E-state index in [9.17, 15) is 9.59 Å². The highest BCUT2D eigenvalue weighted by Gasteiger charge is 2.20. The monoisotopic (exact) mass is 227 g/mol. The van der Waals surface area contributed by atoms with Gasteiger partial charge in [-0.1, -0.05) is 6.92 Å². The highest BCUT2D eigenvalue weighted by atomic mass is 16.2. The van der Waals surface area contributed by atoms with Crippen LogP contribution < -0.4 is 16.0 Å². The van der Waals surface area contributed by atoms with E-state index in [2.05, 4.69) is 16.0 Å². The SMILES string of the molecule is CCNC(C)CC(=O)NCC1CCC(=O)N1. The summed E-state index contributed by atoms with van der Waals surface area (Å²) in [4.78, 5) is 22.4. The van der Waals surface area contributed by atoms with Crippen molar-refractivity contribution < 1.29 is 9.59 Å². The second-order valence-corrected chi connectivity index (χ2v) is 4.27. The molecule has 1 aliphatic rings. The van der Waals surface area contributed by atoms with Gasteiger partial charge in [0.2, 0.25) is 11.8 Å².